The van der Waals surface area contributed by atoms with E-state index in [0.717, 1.165) is 26.2 Å². The van der Waals surface area contributed by atoms with Crippen molar-refractivity contribution in [3.05, 3.63) is 35.4 Å². The Kier molecular flexibility index (Phi) is 7.70. The molecule has 1 aromatic carbocycles. The van der Waals surface area contributed by atoms with Crippen molar-refractivity contribution in [1.82, 2.24) is 10.2 Å². The normalized spacial score (nSPS) is 11.1. The van der Waals surface area contributed by atoms with E-state index >= 15 is 0 Å². The summed E-state index contributed by atoms with van der Waals surface area (Å²) >= 11 is 0. The summed E-state index contributed by atoms with van der Waals surface area (Å²) in [4.78, 5) is 2.51. The van der Waals surface area contributed by atoms with Gasteiger partial charge in [-0.05, 0) is 43.6 Å². The van der Waals surface area contributed by atoms with Crippen LogP contribution in [0.25, 0.3) is 0 Å². The fraction of sp³-hybridized carbons (Fsp3) is 0.625. The number of nitrogens with zero attached hydrogens (tertiary/aromatic N) is 1. The first-order valence-corrected chi connectivity index (χ1v) is 7.31. The highest BCUT2D eigenvalue weighted by Crippen LogP contribution is 2.12. The molecule has 0 fully saturated rings. The summed E-state index contributed by atoms with van der Waals surface area (Å²) in [5, 5.41) is 3.50. The molecule has 0 saturated heterocycles. The van der Waals surface area contributed by atoms with E-state index in [9.17, 15) is 0 Å². The van der Waals surface area contributed by atoms with Crippen LogP contribution in [0.3, 0.4) is 0 Å². The highest BCUT2D eigenvalue weighted by Gasteiger charge is 2.06. The largest absolute Gasteiger partial charge is 0.313 e. The summed E-state index contributed by atoms with van der Waals surface area (Å²) in [6, 6.07) is 8.81. The molecule has 0 aromatic heterocycles. The van der Waals surface area contributed by atoms with Crippen LogP contribution in [0.1, 0.15) is 44.7 Å². The quantitative estimate of drug-likeness (QED) is 0.674. The number of benzene rings is 1. The lowest BCUT2D eigenvalue weighted by molar-refractivity contribution is 0.279. The summed E-state index contributed by atoms with van der Waals surface area (Å²) in [5.41, 5.74) is 2.91. The van der Waals surface area contributed by atoms with Gasteiger partial charge in [0.15, 0.2) is 0 Å². The molecule has 102 valence electrons. The van der Waals surface area contributed by atoms with Crippen molar-refractivity contribution in [2.24, 2.45) is 0 Å². The van der Waals surface area contributed by atoms with Crippen LogP contribution >= 0.6 is 0 Å². The molecule has 1 rings (SSSR count). The summed E-state index contributed by atoms with van der Waals surface area (Å²) < 4.78 is 0. The predicted molar refractivity (Wildman–Crippen MR) is 79.7 cm³/mol. The summed E-state index contributed by atoms with van der Waals surface area (Å²) in [6.45, 7) is 12.2. The highest BCUT2D eigenvalue weighted by atomic mass is 15.1. The molecule has 0 heterocycles. The molecule has 0 spiro atoms. The van der Waals surface area contributed by atoms with E-state index in [1.807, 2.05) is 0 Å². The lowest BCUT2D eigenvalue weighted by Crippen LogP contribution is -2.25. The van der Waals surface area contributed by atoms with Crippen LogP contribution in [0.2, 0.25) is 0 Å². The Hall–Kier alpha value is -0.860. The zero-order valence-corrected chi connectivity index (χ0v) is 12.2. The van der Waals surface area contributed by atoms with Crippen LogP contribution in [0, 0.1) is 0 Å². The molecule has 0 bridgehead atoms. The Balaban J connectivity index is 2.62. The van der Waals surface area contributed by atoms with Crippen molar-refractivity contribution in [3.63, 3.8) is 0 Å². The van der Waals surface area contributed by atoms with E-state index in [2.05, 4.69) is 55.3 Å². The number of rotatable bonds is 9. The predicted octanol–water partition coefficient (Wildman–Crippen LogP) is 3.42. The van der Waals surface area contributed by atoms with Crippen molar-refractivity contribution in [3.8, 4) is 0 Å². The van der Waals surface area contributed by atoms with Crippen molar-refractivity contribution in [1.29, 1.82) is 0 Å². The van der Waals surface area contributed by atoms with Crippen molar-refractivity contribution in [2.75, 3.05) is 19.6 Å². The van der Waals surface area contributed by atoms with E-state index in [0.29, 0.717) is 0 Å². The first-order chi connectivity index (χ1) is 8.81. The van der Waals surface area contributed by atoms with E-state index < -0.39 is 0 Å². The van der Waals surface area contributed by atoms with Gasteiger partial charge in [-0.15, -0.1) is 0 Å². The van der Waals surface area contributed by atoms with Crippen molar-refractivity contribution < 1.29 is 0 Å². The molecule has 1 N–H and O–H groups in total. The van der Waals surface area contributed by atoms with Gasteiger partial charge in [0, 0.05) is 13.1 Å². The standard InChI is InChI=1S/C16H28N2/c1-4-11-17-13-15-9-7-8-10-16(15)14-18(6-3)12-5-2/h7-10,17H,4-6,11-14H2,1-3H3. The van der Waals surface area contributed by atoms with Crippen LogP contribution in [0.5, 0.6) is 0 Å². The molecule has 0 aliphatic rings. The molecular formula is C16H28N2. The van der Waals surface area contributed by atoms with E-state index in [-0.39, 0.29) is 0 Å². The third-order valence-corrected chi connectivity index (χ3v) is 3.24. The second-order valence-corrected chi connectivity index (χ2v) is 4.81. The van der Waals surface area contributed by atoms with E-state index in [1.165, 1.54) is 30.5 Å². The Morgan fingerprint density at radius 2 is 1.72 bits per heavy atom. The van der Waals surface area contributed by atoms with Gasteiger partial charge in [-0.3, -0.25) is 4.90 Å². The topological polar surface area (TPSA) is 15.3 Å². The van der Waals surface area contributed by atoms with Crippen LogP contribution in [-0.2, 0) is 13.1 Å². The molecule has 0 aliphatic carbocycles. The zero-order chi connectivity index (χ0) is 13.2. The number of hydrogen-bond donors (Lipinski definition) is 1. The van der Waals surface area contributed by atoms with Crippen molar-refractivity contribution in [2.45, 2.75) is 46.7 Å². The summed E-state index contributed by atoms with van der Waals surface area (Å²) in [5.74, 6) is 0. The van der Waals surface area contributed by atoms with Crippen LogP contribution in [0.15, 0.2) is 24.3 Å². The van der Waals surface area contributed by atoms with Gasteiger partial charge in [0.05, 0.1) is 0 Å². The maximum Gasteiger partial charge on any atom is 0.0236 e. The average molecular weight is 248 g/mol. The monoisotopic (exact) mass is 248 g/mol. The lowest BCUT2D eigenvalue weighted by Gasteiger charge is -2.21. The van der Waals surface area contributed by atoms with Gasteiger partial charge in [0.2, 0.25) is 0 Å². The first-order valence-electron chi connectivity index (χ1n) is 7.31. The summed E-state index contributed by atoms with van der Waals surface area (Å²) in [6.07, 6.45) is 2.42. The SMILES string of the molecule is CCCNCc1ccccc1CN(CC)CCC. The zero-order valence-electron chi connectivity index (χ0n) is 12.2. The Morgan fingerprint density at radius 3 is 2.33 bits per heavy atom. The fourth-order valence-corrected chi connectivity index (χ4v) is 2.19. The second kappa shape index (κ2) is 9.12. The van der Waals surface area contributed by atoms with E-state index in [4.69, 9.17) is 0 Å². The van der Waals surface area contributed by atoms with Gasteiger partial charge in [-0.2, -0.15) is 0 Å². The maximum absolute atomic E-state index is 3.50. The molecule has 2 nitrogen and oxygen atoms in total. The van der Waals surface area contributed by atoms with Gasteiger partial charge in [-0.1, -0.05) is 45.0 Å². The maximum atomic E-state index is 3.50. The molecule has 0 radical (unpaired) electrons. The van der Waals surface area contributed by atoms with Crippen LogP contribution in [0.4, 0.5) is 0 Å². The minimum absolute atomic E-state index is 0.994. The van der Waals surface area contributed by atoms with Gasteiger partial charge in [-0.25, -0.2) is 0 Å². The molecule has 2 heteroatoms. The third-order valence-electron chi connectivity index (χ3n) is 3.24. The molecule has 0 saturated carbocycles. The average Bonchev–Trinajstić information content (AvgIpc) is 2.40. The Bertz CT molecular complexity index is 323. The van der Waals surface area contributed by atoms with Crippen molar-refractivity contribution >= 4 is 0 Å². The number of nitrogens with one attached hydrogen (secondary N) is 1. The van der Waals surface area contributed by atoms with Gasteiger partial charge >= 0.3 is 0 Å². The molecule has 0 atom stereocenters. The lowest BCUT2D eigenvalue weighted by atomic mass is 10.1. The van der Waals surface area contributed by atoms with E-state index in [1.54, 1.807) is 0 Å². The fourth-order valence-electron chi connectivity index (χ4n) is 2.19. The van der Waals surface area contributed by atoms with Crippen LogP contribution in [-0.4, -0.2) is 24.5 Å². The molecular weight excluding hydrogens is 220 g/mol. The van der Waals surface area contributed by atoms with Gasteiger partial charge < -0.3 is 5.32 Å². The first kappa shape index (κ1) is 15.2. The van der Waals surface area contributed by atoms with Crippen LogP contribution < -0.4 is 5.32 Å². The second-order valence-electron chi connectivity index (χ2n) is 4.81. The van der Waals surface area contributed by atoms with Gasteiger partial charge in [0.1, 0.15) is 0 Å². The summed E-state index contributed by atoms with van der Waals surface area (Å²) in [7, 11) is 0. The van der Waals surface area contributed by atoms with Gasteiger partial charge in [0.25, 0.3) is 0 Å². The Labute approximate surface area is 112 Å². The number of hydrogen-bond acceptors (Lipinski definition) is 2. The smallest absolute Gasteiger partial charge is 0.0236 e. The molecule has 0 amide bonds. The minimum atomic E-state index is 0.994. The molecule has 0 aliphatic heterocycles. The molecule has 18 heavy (non-hydrogen) atoms. The Morgan fingerprint density at radius 1 is 1.00 bits per heavy atom. The third kappa shape index (κ3) is 5.19. The molecule has 0 unspecified atom stereocenters. The highest BCUT2D eigenvalue weighted by molar-refractivity contribution is 5.27. The minimum Gasteiger partial charge on any atom is -0.313 e. The molecule has 1 aromatic rings.